The monoisotopic (exact) mass is 534 g/mol. The Labute approximate surface area is 191 Å². The van der Waals surface area contributed by atoms with Gasteiger partial charge in [-0.3, -0.25) is 9.10 Å². The second-order valence-electron chi connectivity index (χ2n) is 7.05. The van der Waals surface area contributed by atoms with E-state index in [1.165, 1.54) is 16.4 Å². The molecule has 1 amide bonds. The van der Waals surface area contributed by atoms with Crippen LogP contribution in [0.1, 0.15) is 16.7 Å². The van der Waals surface area contributed by atoms with Crippen molar-refractivity contribution in [1.29, 1.82) is 0 Å². The van der Waals surface area contributed by atoms with E-state index in [-0.39, 0.29) is 11.4 Å². The highest BCUT2D eigenvalue weighted by molar-refractivity contribution is 14.1. The first-order valence-electron chi connectivity index (χ1n) is 9.40. The van der Waals surface area contributed by atoms with Crippen LogP contribution in [0.3, 0.4) is 0 Å². The molecule has 0 aliphatic rings. The Balaban J connectivity index is 1.99. The number of anilines is 2. The van der Waals surface area contributed by atoms with Crippen LogP contribution in [0, 0.1) is 24.3 Å². The lowest BCUT2D eigenvalue weighted by molar-refractivity contribution is -0.114. The van der Waals surface area contributed by atoms with Crippen molar-refractivity contribution in [1.82, 2.24) is 0 Å². The number of carbonyl (C=O) groups is 1. The summed E-state index contributed by atoms with van der Waals surface area (Å²) in [5.74, 6) is -0.403. The normalized spacial score (nSPS) is 11.2. The number of amides is 1. The molecule has 0 saturated heterocycles. The predicted molar refractivity (Wildman–Crippen MR) is 129 cm³/mol. The van der Waals surface area contributed by atoms with E-state index in [0.29, 0.717) is 11.4 Å². The molecule has 156 valence electrons. The zero-order valence-electron chi connectivity index (χ0n) is 17.0. The Morgan fingerprint density at radius 3 is 2.30 bits per heavy atom. The van der Waals surface area contributed by atoms with Crippen LogP contribution < -0.4 is 9.62 Å². The number of hydrogen-bond acceptors (Lipinski definition) is 3. The molecule has 3 rings (SSSR count). The van der Waals surface area contributed by atoms with Crippen LogP contribution in [0.4, 0.5) is 11.4 Å². The number of nitrogens with zero attached hydrogens (tertiary/aromatic N) is 1. The largest absolute Gasteiger partial charge is 0.324 e. The third kappa shape index (κ3) is 4.84. The van der Waals surface area contributed by atoms with E-state index in [9.17, 15) is 13.2 Å². The van der Waals surface area contributed by atoms with E-state index in [1.54, 1.807) is 30.3 Å². The van der Waals surface area contributed by atoms with Gasteiger partial charge in [-0.2, -0.15) is 0 Å². The van der Waals surface area contributed by atoms with E-state index in [1.807, 2.05) is 45.0 Å². The number of benzene rings is 3. The molecule has 0 bridgehead atoms. The van der Waals surface area contributed by atoms with Gasteiger partial charge in [0.15, 0.2) is 0 Å². The average Bonchev–Trinajstić information content (AvgIpc) is 2.71. The lowest BCUT2D eigenvalue weighted by atomic mass is 10.1. The number of sulfonamides is 1. The Bertz CT molecular complexity index is 1180. The molecular formula is C23H23IN2O3S. The molecule has 0 fully saturated rings. The van der Waals surface area contributed by atoms with E-state index >= 15 is 0 Å². The highest BCUT2D eigenvalue weighted by atomic mass is 127. The fraction of sp³-hybridized carbons (Fsp3) is 0.174. The van der Waals surface area contributed by atoms with Gasteiger partial charge in [-0.1, -0.05) is 30.3 Å². The van der Waals surface area contributed by atoms with Crippen molar-refractivity contribution >= 4 is 49.9 Å². The molecule has 30 heavy (non-hydrogen) atoms. The highest BCUT2D eigenvalue weighted by Gasteiger charge is 2.28. The summed E-state index contributed by atoms with van der Waals surface area (Å²) >= 11 is 2.21. The topological polar surface area (TPSA) is 66.5 Å². The number of hydrogen-bond donors (Lipinski definition) is 1. The summed E-state index contributed by atoms with van der Waals surface area (Å²) in [5.41, 5.74) is 3.84. The molecule has 1 N–H and O–H groups in total. The zero-order chi connectivity index (χ0) is 21.9. The Morgan fingerprint density at radius 2 is 1.63 bits per heavy atom. The van der Waals surface area contributed by atoms with Gasteiger partial charge in [-0.15, -0.1) is 0 Å². The number of nitrogens with one attached hydrogen (secondary N) is 1. The average molecular weight is 534 g/mol. The second-order valence-corrected chi connectivity index (χ2v) is 10.2. The molecule has 0 aliphatic heterocycles. The van der Waals surface area contributed by atoms with E-state index < -0.39 is 15.9 Å². The molecule has 0 aromatic heterocycles. The van der Waals surface area contributed by atoms with Crippen molar-refractivity contribution in [2.24, 2.45) is 0 Å². The predicted octanol–water partition coefficient (Wildman–Crippen LogP) is 5.05. The maximum Gasteiger partial charge on any atom is 0.264 e. The second kappa shape index (κ2) is 9.18. The van der Waals surface area contributed by atoms with Gasteiger partial charge in [0.1, 0.15) is 6.54 Å². The molecule has 0 atom stereocenters. The fourth-order valence-electron chi connectivity index (χ4n) is 3.11. The van der Waals surface area contributed by atoms with Crippen LogP contribution in [-0.2, 0) is 14.8 Å². The van der Waals surface area contributed by atoms with Gasteiger partial charge in [0, 0.05) is 9.26 Å². The van der Waals surface area contributed by atoms with Gasteiger partial charge < -0.3 is 5.32 Å². The lowest BCUT2D eigenvalue weighted by Gasteiger charge is -2.26. The molecule has 0 saturated carbocycles. The molecule has 5 nitrogen and oxygen atoms in total. The fourth-order valence-corrected chi connectivity index (χ4v) is 5.26. The summed E-state index contributed by atoms with van der Waals surface area (Å²) in [6, 6.07) is 19.3. The van der Waals surface area contributed by atoms with Crippen molar-refractivity contribution in [3.05, 3.63) is 87.0 Å². The van der Waals surface area contributed by atoms with Gasteiger partial charge >= 0.3 is 0 Å². The Kier molecular flexibility index (Phi) is 6.82. The van der Waals surface area contributed by atoms with Crippen molar-refractivity contribution in [2.45, 2.75) is 25.7 Å². The summed E-state index contributed by atoms with van der Waals surface area (Å²) in [6.45, 7) is 5.36. The maximum absolute atomic E-state index is 13.4. The summed E-state index contributed by atoms with van der Waals surface area (Å²) < 4.78 is 29.1. The molecule has 7 heteroatoms. The van der Waals surface area contributed by atoms with Crippen molar-refractivity contribution in [3.63, 3.8) is 0 Å². The molecule has 3 aromatic carbocycles. The third-order valence-corrected chi connectivity index (χ3v) is 7.37. The van der Waals surface area contributed by atoms with Crippen molar-refractivity contribution < 1.29 is 13.2 Å². The minimum Gasteiger partial charge on any atom is -0.324 e. The highest BCUT2D eigenvalue weighted by Crippen LogP contribution is 2.28. The summed E-state index contributed by atoms with van der Waals surface area (Å²) in [4.78, 5) is 13.0. The van der Waals surface area contributed by atoms with Gasteiger partial charge in [0.25, 0.3) is 10.0 Å². The van der Waals surface area contributed by atoms with Crippen molar-refractivity contribution in [2.75, 3.05) is 16.2 Å². The SMILES string of the molecule is Cc1cc(I)ccc1NC(=O)CN(c1cccc(C)c1C)S(=O)(=O)c1ccccc1. The molecule has 0 heterocycles. The smallest absolute Gasteiger partial charge is 0.264 e. The van der Waals surface area contributed by atoms with Crippen LogP contribution in [0.2, 0.25) is 0 Å². The number of halogens is 1. The van der Waals surface area contributed by atoms with Crippen LogP contribution in [0.5, 0.6) is 0 Å². The van der Waals surface area contributed by atoms with Crippen LogP contribution in [-0.4, -0.2) is 20.9 Å². The summed E-state index contributed by atoms with van der Waals surface area (Å²) in [6.07, 6.45) is 0. The van der Waals surface area contributed by atoms with E-state index in [2.05, 4.69) is 27.9 Å². The first-order valence-corrected chi connectivity index (χ1v) is 11.9. The molecule has 0 spiro atoms. The van der Waals surface area contributed by atoms with Crippen LogP contribution in [0.15, 0.2) is 71.6 Å². The van der Waals surface area contributed by atoms with Gasteiger partial charge in [-0.05, 0) is 96.5 Å². The first-order chi connectivity index (χ1) is 14.2. The zero-order valence-corrected chi connectivity index (χ0v) is 20.0. The van der Waals surface area contributed by atoms with Crippen molar-refractivity contribution in [3.8, 4) is 0 Å². The minimum absolute atomic E-state index is 0.143. The molecule has 0 unspecified atom stereocenters. The summed E-state index contributed by atoms with van der Waals surface area (Å²) in [5, 5.41) is 2.85. The number of aryl methyl sites for hydroxylation is 2. The van der Waals surface area contributed by atoms with E-state index in [4.69, 9.17) is 0 Å². The van der Waals surface area contributed by atoms with E-state index in [0.717, 1.165) is 20.3 Å². The van der Waals surface area contributed by atoms with Crippen LogP contribution in [0.25, 0.3) is 0 Å². The quantitative estimate of drug-likeness (QED) is 0.451. The third-order valence-electron chi connectivity index (χ3n) is 4.93. The van der Waals surface area contributed by atoms with Gasteiger partial charge in [0.05, 0.1) is 10.6 Å². The standard InChI is InChI=1S/C23H23IN2O3S/c1-16-8-7-11-22(18(16)3)26(30(28,29)20-9-5-4-6-10-20)15-23(27)25-21-13-12-19(24)14-17(21)2/h4-14H,15H2,1-3H3,(H,25,27). The van der Waals surface area contributed by atoms with Gasteiger partial charge in [-0.25, -0.2) is 8.42 Å². The molecule has 3 aromatic rings. The first kappa shape index (κ1) is 22.3. The number of rotatable bonds is 6. The summed E-state index contributed by atoms with van der Waals surface area (Å²) in [7, 11) is -3.93. The molecule has 0 aliphatic carbocycles. The Morgan fingerprint density at radius 1 is 0.933 bits per heavy atom. The number of carbonyl (C=O) groups excluding carboxylic acids is 1. The van der Waals surface area contributed by atoms with Gasteiger partial charge in [0.2, 0.25) is 5.91 Å². The maximum atomic E-state index is 13.4. The Hall–Kier alpha value is -2.39. The molecule has 0 radical (unpaired) electrons. The van der Waals surface area contributed by atoms with Crippen LogP contribution >= 0.6 is 22.6 Å². The minimum atomic E-state index is -3.93. The molecular weight excluding hydrogens is 511 g/mol. The lowest BCUT2D eigenvalue weighted by Crippen LogP contribution is -2.38.